The van der Waals surface area contributed by atoms with Crippen LogP contribution < -0.4 is 4.74 Å². The lowest BCUT2D eigenvalue weighted by molar-refractivity contribution is -0.145. The molecule has 0 saturated heterocycles. The van der Waals surface area contributed by atoms with E-state index in [2.05, 4.69) is 5.10 Å². The van der Waals surface area contributed by atoms with Crippen molar-refractivity contribution in [2.45, 2.75) is 6.42 Å². The van der Waals surface area contributed by atoms with Gasteiger partial charge in [0.25, 0.3) is 0 Å². The molecular weight excluding hydrogens is 260 g/mol. The molecule has 6 nitrogen and oxygen atoms in total. The van der Waals surface area contributed by atoms with E-state index in [1.54, 1.807) is 7.11 Å². The molecule has 6 heteroatoms. The SMILES string of the molecule is COc1ccc(C2=NN(CC(=O)O)C(=O)[C@@H]3C[C@H]23)cc1. The summed E-state index contributed by atoms with van der Waals surface area (Å²) in [6.45, 7) is -0.387. The van der Waals surface area contributed by atoms with E-state index in [0.29, 0.717) is 0 Å². The number of ether oxygens (including phenoxy) is 1. The van der Waals surface area contributed by atoms with Crippen LogP contribution in [0.15, 0.2) is 29.4 Å². The van der Waals surface area contributed by atoms with Gasteiger partial charge in [0, 0.05) is 11.8 Å². The molecule has 1 N–H and O–H groups in total. The number of carbonyl (C=O) groups excluding carboxylic acids is 1. The first-order valence-electron chi connectivity index (χ1n) is 6.36. The monoisotopic (exact) mass is 274 g/mol. The van der Waals surface area contributed by atoms with Gasteiger partial charge in [-0.1, -0.05) is 0 Å². The highest BCUT2D eigenvalue weighted by atomic mass is 16.5. The highest BCUT2D eigenvalue weighted by Crippen LogP contribution is 2.45. The van der Waals surface area contributed by atoms with Crippen molar-refractivity contribution in [2.24, 2.45) is 16.9 Å². The van der Waals surface area contributed by atoms with Crippen LogP contribution in [0.1, 0.15) is 12.0 Å². The number of nitrogens with zero attached hydrogens (tertiary/aromatic N) is 2. The molecule has 3 rings (SSSR count). The lowest BCUT2D eigenvalue weighted by Crippen LogP contribution is -2.37. The van der Waals surface area contributed by atoms with E-state index in [-0.39, 0.29) is 24.3 Å². The summed E-state index contributed by atoms with van der Waals surface area (Å²) in [6.07, 6.45) is 0.750. The summed E-state index contributed by atoms with van der Waals surface area (Å²) in [5.41, 5.74) is 1.69. The minimum atomic E-state index is -1.06. The lowest BCUT2D eigenvalue weighted by Gasteiger charge is -2.21. The van der Waals surface area contributed by atoms with Crippen molar-refractivity contribution >= 4 is 17.6 Å². The van der Waals surface area contributed by atoms with Gasteiger partial charge >= 0.3 is 5.97 Å². The van der Waals surface area contributed by atoms with Crippen molar-refractivity contribution in [3.05, 3.63) is 29.8 Å². The van der Waals surface area contributed by atoms with Gasteiger partial charge in [0.2, 0.25) is 5.91 Å². The Kier molecular flexibility index (Phi) is 2.93. The molecule has 104 valence electrons. The van der Waals surface area contributed by atoms with Crippen LogP contribution in [0.2, 0.25) is 0 Å². The number of hydrogen-bond donors (Lipinski definition) is 1. The minimum Gasteiger partial charge on any atom is -0.497 e. The first-order chi connectivity index (χ1) is 9.60. The normalized spacial score (nSPS) is 23.9. The Morgan fingerprint density at radius 3 is 2.70 bits per heavy atom. The predicted molar refractivity (Wildman–Crippen MR) is 70.5 cm³/mol. The summed E-state index contributed by atoms with van der Waals surface area (Å²) in [5.74, 6) is -0.481. The molecule has 0 bridgehead atoms. The maximum absolute atomic E-state index is 11.9. The number of fused-ring (bicyclic) bond motifs is 1. The van der Waals surface area contributed by atoms with E-state index in [0.717, 1.165) is 28.5 Å². The maximum Gasteiger partial charge on any atom is 0.325 e. The largest absolute Gasteiger partial charge is 0.497 e. The zero-order chi connectivity index (χ0) is 14.3. The molecule has 2 aliphatic rings. The summed E-state index contributed by atoms with van der Waals surface area (Å²) >= 11 is 0. The predicted octanol–water partition coefficient (Wildman–Crippen LogP) is 0.962. The molecule has 1 aliphatic carbocycles. The first-order valence-corrected chi connectivity index (χ1v) is 6.36. The van der Waals surface area contributed by atoms with E-state index in [1.807, 2.05) is 24.3 Å². The Bertz CT molecular complexity index is 594. The summed E-state index contributed by atoms with van der Waals surface area (Å²) in [5, 5.41) is 14.1. The zero-order valence-corrected chi connectivity index (χ0v) is 10.9. The number of amides is 1. The Morgan fingerprint density at radius 1 is 1.40 bits per heavy atom. The van der Waals surface area contributed by atoms with Gasteiger partial charge in [-0.05, 0) is 36.2 Å². The lowest BCUT2D eigenvalue weighted by atomic mass is 10.0. The second-order valence-electron chi connectivity index (χ2n) is 4.95. The molecule has 0 unspecified atom stereocenters. The van der Waals surface area contributed by atoms with Gasteiger partial charge < -0.3 is 9.84 Å². The summed E-state index contributed by atoms with van der Waals surface area (Å²) in [4.78, 5) is 22.7. The number of carboxylic acid groups (broad SMARTS) is 1. The third kappa shape index (κ3) is 2.13. The number of aliphatic carboxylic acids is 1. The third-order valence-corrected chi connectivity index (χ3v) is 3.61. The molecule has 1 heterocycles. The number of benzene rings is 1. The van der Waals surface area contributed by atoms with E-state index < -0.39 is 5.97 Å². The highest BCUT2D eigenvalue weighted by Gasteiger charge is 2.52. The summed E-state index contributed by atoms with van der Waals surface area (Å²) in [6, 6.07) is 7.41. The minimum absolute atomic E-state index is 0.107. The Balaban J connectivity index is 1.90. The molecule has 1 fully saturated rings. The highest BCUT2D eigenvalue weighted by molar-refractivity contribution is 6.09. The number of methoxy groups -OCH3 is 1. The van der Waals surface area contributed by atoms with Gasteiger partial charge in [0.05, 0.1) is 12.8 Å². The molecule has 0 spiro atoms. The number of rotatable bonds is 4. The van der Waals surface area contributed by atoms with E-state index >= 15 is 0 Å². The quantitative estimate of drug-likeness (QED) is 0.887. The Hall–Kier alpha value is -2.37. The average Bonchev–Trinajstić information content (AvgIpc) is 3.22. The number of hydrazone groups is 1. The second kappa shape index (κ2) is 4.63. The molecule has 1 aromatic rings. The van der Waals surface area contributed by atoms with Crippen LogP contribution in [0.4, 0.5) is 0 Å². The Morgan fingerprint density at radius 2 is 2.10 bits per heavy atom. The van der Waals surface area contributed by atoms with Crippen molar-refractivity contribution in [2.75, 3.05) is 13.7 Å². The molecule has 0 radical (unpaired) electrons. The summed E-state index contributed by atoms with van der Waals surface area (Å²) < 4.78 is 5.10. The summed E-state index contributed by atoms with van der Waals surface area (Å²) in [7, 11) is 1.59. The standard InChI is InChI=1S/C14H14N2O4/c1-20-9-4-2-8(3-5-9)13-10-6-11(10)14(19)16(15-13)7-12(17)18/h2-5,10-11H,6-7H2,1H3,(H,17,18)/t10-,11+/m0/s1. The van der Waals surface area contributed by atoms with Crippen LogP contribution in [0.3, 0.4) is 0 Å². The van der Waals surface area contributed by atoms with E-state index in [9.17, 15) is 9.59 Å². The molecule has 20 heavy (non-hydrogen) atoms. The van der Waals surface area contributed by atoms with Gasteiger partial charge in [0.15, 0.2) is 0 Å². The molecule has 1 aromatic carbocycles. The van der Waals surface area contributed by atoms with Gasteiger partial charge in [-0.15, -0.1) is 0 Å². The molecule has 1 amide bonds. The topological polar surface area (TPSA) is 79.2 Å². The Labute approximate surface area is 115 Å². The van der Waals surface area contributed by atoms with Gasteiger partial charge in [-0.2, -0.15) is 5.10 Å². The van der Waals surface area contributed by atoms with Gasteiger partial charge in [-0.3, -0.25) is 9.59 Å². The first kappa shape index (κ1) is 12.7. The van der Waals surface area contributed by atoms with Crippen LogP contribution in [-0.2, 0) is 9.59 Å². The maximum atomic E-state index is 11.9. The van der Waals surface area contributed by atoms with Gasteiger partial charge in [0.1, 0.15) is 12.3 Å². The smallest absolute Gasteiger partial charge is 0.325 e. The number of carboxylic acids is 1. The van der Waals surface area contributed by atoms with E-state index in [4.69, 9.17) is 9.84 Å². The van der Waals surface area contributed by atoms with Crippen LogP contribution in [0, 0.1) is 11.8 Å². The van der Waals surface area contributed by atoms with Gasteiger partial charge in [-0.25, -0.2) is 5.01 Å². The van der Waals surface area contributed by atoms with Crippen molar-refractivity contribution in [3.63, 3.8) is 0 Å². The number of carbonyl (C=O) groups is 2. The van der Waals surface area contributed by atoms with Crippen molar-refractivity contribution in [1.29, 1.82) is 0 Å². The van der Waals surface area contributed by atoms with Crippen LogP contribution in [0.25, 0.3) is 0 Å². The zero-order valence-electron chi connectivity index (χ0n) is 10.9. The molecular formula is C14H14N2O4. The second-order valence-corrected chi connectivity index (χ2v) is 4.95. The molecule has 1 saturated carbocycles. The van der Waals surface area contributed by atoms with Crippen molar-refractivity contribution in [1.82, 2.24) is 5.01 Å². The van der Waals surface area contributed by atoms with Crippen LogP contribution in [-0.4, -0.2) is 41.4 Å². The fourth-order valence-electron chi connectivity index (χ4n) is 2.49. The van der Waals surface area contributed by atoms with Crippen LogP contribution >= 0.6 is 0 Å². The van der Waals surface area contributed by atoms with Crippen molar-refractivity contribution in [3.8, 4) is 5.75 Å². The number of hydrogen-bond acceptors (Lipinski definition) is 4. The average molecular weight is 274 g/mol. The van der Waals surface area contributed by atoms with Crippen molar-refractivity contribution < 1.29 is 19.4 Å². The molecule has 2 atom stereocenters. The molecule has 0 aromatic heterocycles. The van der Waals surface area contributed by atoms with E-state index in [1.165, 1.54) is 0 Å². The fourth-order valence-corrected chi connectivity index (χ4v) is 2.49. The fraction of sp³-hybridized carbons (Fsp3) is 0.357. The van der Waals surface area contributed by atoms with Crippen LogP contribution in [0.5, 0.6) is 5.75 Å². The third-order valence-electron chi connectivity index (χ3n) is 3.61. The molecule has 1 aliphatic heterocycles.